The Morgan fingerprint density at radius 1 is 1.30 bits per heavy atom. The number of aromatic nitrogens is 2. The van der Waals surface area contributed by atoms with Gasteiger partial charge in [0, 0.05) is 19.3 Å². The average molecular weight is 278 g/mol. The summed E-state index contributed by atoms with van der Waals surface area (Å²) in [7, 11) is 0. The van der Waals surface area contributed by atoms with E-state index in [1.54, 1.807) is 0 Å². The summed E-state index contributed by atoms with van der Waals surface area (Å²) < 4.78 is 2.11. The van der Waals surface area contributed by atoms with Crippen molar-refractivity contribution in [2.45, 2.75) is 52.6 Å². The maximum absolute atomic E-state index is 4.35. The zero-order valence-corrected chi connectivity index (χ0v) is 13.1. The third kappa shape index (κ3) is 4.91. The van der Waals surface area contributed by atoms with E-state index in [4.69, 9.17) is 0 Å². The molecule has 0 aliphatic carbocycles. The first-order valence-corrected chi connectivity index (χ1v) is 8.23. The minimum absolute atomic E-state index is 0.934. The van der Waals surface area contributed by atoms with Crippen molar-refractivity contribution in [3.05, 3.63) is 18.0 Å². The summed E-state index contributed by atoms with van der Waals surface area (Å²) in [4.78, 5) is 2.61. The lowest BCUT2D eigenvalue weighted by molar-refractivity contribution is 0.190. The predicted molar refractivity (Wildman–Crippen MR) is 83.7 cm³/mol. The molecule has 1 aromatic heterocycles. The summed E-state index contributed by atoms with van der Waals surface area (Å²) in [6.45, 7) is 11.5. The Bertz CT molecular complexity index is 366. The van der Waals surface area contributed by atoms with E-state index in [1.165, 1.54) is 44.6 Å². The lowest BCUT2D eigenvalue weighted by atomic mass is 9.99. The third-order valence-electron chi connectivity index (χ3n) is 4.25. The van der Waals surface area contributed by atoms with Crippen molar-refractivity contribution in [2.24, 2.45) is 5.92 Å². The molecule has 2 heterocycles. The van der Waals surface area contributed by atoms with Gasteiger partial charge in [0.15, 0.2) is 0 Å². The molecule has 4 heteroatoms. The summed E-state index contributed by atoms with van der Waals surface area (Å²) in [5.41, 5.74) is 1.30. The number of piperidine rings is 1. The number of likely N-dealkylation sites (tertiary alicyclic amines) is 1. The van der Waals surface area contributed by atoms with Crippen LogP contribution in [0.5, 0.6) is 0 Å². The van der Waals surface area contributed by atoms with E-state index in [0.29, 0.717) is 0 Å². The second kappa shape index (κ2) is 8.42. The van der Waals surface area contributed by atoms with Gasteiger partial charge in [-0.1, -0.05) is 13.8 Å². The van der Waals surface area contributed by atoms with Crippen molar-refractivity contribution >= 4 is 0 Å². The van der Waals surface area contributed by atoms with Crippen LogP contribution in [0.25, 0.3) is 0 Å². The Hall–Kier alpha value is -0.870. The van der Waals surface area contributed by atoms with Crippen molar-refractivity contribution in [1.82, 2.24) is 20.0 Å². The lowest BCUT2D eigenvalue weighted by Crippen LogP contribution is -2.34. The van der Waals surface area contributed by atoms with Gasteiger partial charge >= 0.3 is 0 Å². The molecule has 0 bridgehead atoms. The summed E-state index contributed by atoms with van der Waals surface area (Å²) >= 11 is 0. The van der Waals surface area contributed by atoms with Gasteiger partial charge in [-0.2, -0.15) is 5.10 Å². The van der Waals surface area contributed by atoms with Gasteiger partial charge in [0.25, 0.3) is 0 Å². The first-order chi connectivity index (χ1) is 9.79. The molecule has 1 N–H and O–H groups in total. The molecule has 1 aliphatic heterocycles. The van der Waals surface area contributed by atoms with Gasteiger partial charge in [0.2, 0.25) is 0 Å². The van der Waals surface area contributed by atoms with E-state index in [1.807, 2.05) is 6.20 Å². The van der Waals surface area contributed by atoms with Crippen molar-refractivity contribution in [1.29, 1.82) is 0 Å². The summed E-state index contributed by atoms with van der Waals surface area (Å²) in [6, 6.07) is 2.12. The highest BCUT2D eigenvalue weighted by Gasteiger charge is 2.14. The number of hydrogen-bond acceptors (Lipinski definition) is 3. The van der Waals surface area contributed by atoms with E-state index >= 15 is 0 Å². The standard InChI is InChI=1S/C16H30N4/c1-3-10-20-16(5-9-18-20)14-17-8-4-11-19-12-6-15(2)7-13-19/h5,9,15,17H,3-4,6-8,10-14H2,1-2H3. The fourth-order valence-corrected chi connectivity index (χ4v) is 2.85. The van der Waals surface area contributed by atoms with Gasteiger partial charge in [0.05, 0.1) is 5.69 Å². The topological polar surface area (TPSA) is 33.1 Å². The second-order valence-electron chi connectivity index (χ2n) is 6.10. The van der Waals surface area contributed by atoms with Crippen LogP contribution in [0.1, 0.15) is 45.2 Å². The Balaban J connectivity index is 1.56. The molecule has 114 valence electrons. The quantitative estimate of drug-likeness (QED) is 0.742. The summed E-state index contributed by atoms with van der Waals surface area (Å²) in [6.07, 6.45) is 7.05. The molecular formula is C16H30N4. The molecule has 0 atom stereocenters. The van der Waals surface area contributed by atoms with Crippen molar-refractivity contribution in [2.75, 3.05) is 26.2 Å². The highest BCUT2D eigenvalue weighted by molar-refractivity contribution is 4.99. The molecule has 1 saturated heterocycles. The maximum atomic E-state index is 4.35. The minimum atomic E-state index is 0.934. The van der Waals surface area contributed by atoms with Crippen LogP contribution in [0.15, 0.2) is 12.3 Å². The zero-order chi connectivity index (χ0) is 14.2. The van der Waals surface area contributed by atoms with E-state index in [9.17, 15) is 0 Å². The maximum Gasteiger partial charge on any atom is 0.0522 e. The summed E-state index contributed by atoms with van der Waals surface area (Å²) in [5.74, 6) is 0.934. The normalized spacial score (nSPS) is 17.7. The highest BCUT2D eigenvalue weighted by Crippen LogP contribution is 2.15. The van der Waals surface area contributed by atoms with E-state index in [2.05, 4.69) is 39.9 Å². The number of nitrogens with zero attached hydrogens (tertiary/aromatic N) is 3. The first kappa shape index (κ1) is 15.5. The lowest BCUT2D eigenvalue weighted by Gasteiger charge is -2.30. The molecule has 0 radical (unpaired) electrons. The van der Waals surface area contributed by atoms with Crippen molar-refractivity contribution in [3.8, 4) is 0 Å². The smallest absolute Gasteiger partial charge is 0.0522 e. The van der Waals surface area contributed by atoms with Crippen LogP contribution in [-0.2, 0) is 13.1 Å². The average Bonchev–Trinajstić information content (AvgIpc) is 2.88. The van der Waals surface area contributed by atoms with Crippen molar-refractivity contribution in [3.63, 3.8) is 0 Å². The fourth-order valence-electron chi connectivity index (χ4n) is 2.85. The SMILES string of the molecule is CCCn1nccc1CNCCCN1CCC(C)CC1. The van der Waals surface area contributed by atoms with Crippen LogP contribution in [0.2, 0.25) is 0 Å². The monoisotopic (exact) mass is 278 g/mol. The molecule has 2 rings (SSSR count). The van der Waals surface area contributed by atoms with Crippen molar-refractivity contribution < 1.29 is 0 Å². The van der Waals surface area contributed by atoms with E-state index in [-0.39, 0.29) is 0 Å². The molecule has 0 saturated carbocycles. The van der Waals surface area contributed by atoms with Crippen LogP contribution in [-0.4, -0.2) is 40.9 Å². The Kier molecular flexibility index (Phi) is 6.54. The Labute approximate surface area is 123 Å². The second-order valence-corrected chi connectivity index (χ2v) is 6.10. The molecular weight excluding hydrogens is 248 g/mol. The molecule has 0 aromatic carbocycles. The molecule has 1 aliphatic rings. The first-order valence-electron chi connectivity index (χ1n) is 8.23. The summed E-state index contributed by atoms with van der Waals surface area (Å²) in [5, 5.41) is 7.90. The van der Waals surface area contributed by atoms with Gasteiger partial charge in [-0.15, -0.1) is 0 Å². The largest absolute Gasteiger partial charge is 0.311 e. The molecule has 1 fully saturated rings. The Morgan fingerprint density at radius 3 is 2.85 bits per heavy atom. The van der Waals surface area contributed by atoms with E-state index in [0.717, 1.165) is 32.0 Å². The number of hydrogen-bond donors (Lipinski definition) is 1. The predicted octanol–water partition coefficient (Wildman–Crippen LogP) is 2.50. The molecule has 0 unspecified atom stereocenters. The van der Waals surface area contributed by atoms with Gasteiger partial charge in [-0.3, -0.25) is 4.68 Å². The fraction of sp³-hybridized carbons (Fsp3) is 0.812. The molecule has 0 amide bonds. The molecule has 1 aromatic rings. The van der Waals surface area contributed by atoms with Gasteiger partial charge in [-0.25, -0.2) is 0 Å². The van der Waals surface area contributed by atoms with Gasteiger partial charge in [-0.05, 0) is 63.8 Å². The van der Waals surface area contributed by atoms with Crippen LogP contribution in [0, 0.1) is 5.92 Å². The van der Waals surface area contributed by atoms with Gasteiger partial charge < -0.3 is 10.2 Å². The van der Waals surface area contributed by atoms with Crippen LogP contribution >= 0.6 is 0 Å². The highest BCUT2D eigenvalue weighted by atomic mass is 15.3. The number of rotatable bonds is 8. The number of aryl methyl sites for hydroxylation is 1. The molecule has 20 heavy (non-hydrogen) atoms. The minimum Gasteiger partial charge on any atom is -0.311 e. The molecule has 0 spiro atoms. The third-order valence-corrected chi connectivity index (χ3v) is 4.25. The zero-order valence-electron chi connectivity index (χ0n) is 13.1. The molecule has 4 nitrogen and oxygen atoms in total. The number of nitrogens with one attached hydrogen (secondary N) is 1. The van der Waals surface area contributed by atoms with E-state index < -0.39 is 0 Å². The van der Waals surface area contributed by atoms with Gasteiger partial charge in [0.1, 0.15) is 0 Å². The van der Waals surface area contributed by atoms with Crippen LogP contribution in [0.4, 0.5) is 0 Å². The Morgan fingerprint density at radius 2 is 2.10 bits per heavy atom. The van der Waals surface area contributed by atoms with Crippen LogP contribution < -0.4 is 5.32 Å². The van der Waals surface area contributed by atoms with Crippen LogP contribution in [0.3, 0.4) is 0 Å².